The highest BCUT2D eigenvalue weighted by Gasteiger charge is 2.21. The number of anilines is 1. The molecule has 1 unspecified atom stereocenters. The van der Waals surface area contributed by atoms with Gasteiger partial charge >= 0.3 is 5.97 Å². The van der Waals surface area contributed by atoms with Gasteiger partial charge in [-0.2, -0.15) is 8.78 Å². The number of hydrogen-bond donors (Lipinski definition) is 2. The van der Waals surface area contributed by atoms with Crippen molar-refractivity contribution < 1.29 is 23.5 Å². The first-order valence-electron chi connectivity index (χ1n) is 4.99. The van der Waals surface area contributed by atoms with E-state index >= 15 is 0 Å². The lowest BCUT2D eigenvalue weighted by Gasteiger charge is -2.12. The van der Waals surface area contributed by atoms with E-state index in [1.807, 2.05) is 0 Å². The highest BCUT2D eigenvalue weighted by molar-refractivity contribution is 7.99. The number of hydrogen-bond acceptors (Lipinski definition) is 3. The predicted molar refractivity (Wildman–Crippen MR) is 63.7 cm³/mol. The number of aliphatic carboxylic acids is 1. The van der Waals surface area contributed by atoms with Gasteiger partial charge in [0.1, 0.15) is 5.92 Å². The van der Waals surface area contributed by atoms with E-state index in [1.165, 1.54) is 19.1 Å². The number of halogens is 2. The SMILES string of the molecule is CC(C(=O)O)C(=O)Nc1ccccc1SC(F)F. The van der Waals surface area contributed by atoms with Crippen LogP contribution >= 0.6 is 11.8 Å². The molecule has 1 aromatic carbocycles. The Hall–Kier alpha value is -1.63. The lowest BCUT2D eigenvalue weighted by Crippen LogP contribution is -2.27. The van der Waals surface area contributed by atoms with Gasteiger partial charge < -0.3 is 10.4 Å². The number of carboxylic acids is 1. The molecule has 0 fully saturated rings. The van der Waals surface area contributed by atoms with Crippen LogP contribution in [-0.2, 0) is 9.59 Å². The first-order chi connectivity index (χ1) is 8.41. The maximum Gasteiger partial charge on any atom is 0.315 e. The third-order valence-corrected chi connectivity index (χ3v) is 2.91. The van der Waals surface area contributed by atoms with Crippen molar-refractivity contribution in [3.63, 3.8) is 0 Å². The van der Waals surface area contributed by atoms with Gasteiger partial charge in [-0.3, -0.25) is 9.59 Å². The molecule has 1 rings (SSSR count). The summed E-state index contributed by atoms with van der Waals surface area (Å²) in [5.41, 5.74) is 0.181. The van der Waals surface area contributed by atoms with E-state index in [0.29, 0.717) is 11.8 Å². The molecule has 4 nitrogen and oxygen atoms in total. The molecule has 1 aromatic rings. The van der Waals surface area contributed by atoms with Crippen LogP contribution in [0.1, 0.15) is 6.92 Å². The van der Waals surface area contributed by atoms with Crippen LogP contribution in [0.2, 0.25) is 0 Å². The zero-order valence-corrected chi connectivity index (χ0v) is 10.2. The number of alkyl halides is 2. The van der Waals surface area contributed by atoms with Crippen LogP contribution in [0.3, 0.4) is 0 Å². The fourth-order valence-corrected chi connectivity index (χ4v) is 1.72. The smallest absolute Gasteiger partial charge is 0.315 e. The summed E-state index contributed by atoms with van der Waals surface area (Å²) in [6.07, 6.45) is 0. The van der Waals surface area contributed by atoms with Crippen LogP contribution < -0.4 is 5.32 Å². The van der Waals surface area contributed by atoms with Crippen LogP contribution in [0.25, 0.3) is 0 Å². The average Bonchev–Trinajstić information content (AvgIpc) is 2.29. The number of para-hydroxylation sites is 1. The van der Waals surface area contributed by atoms with E-state index in [2.05, 4.69) is 5.32 Å². The summed E-state index contributed by atoms with van der Waals surface area (Å²) in [6.45, 7) is 1.22. The van der Waals surface area contributed by atoms with Crippen molar-refractivity contribution in [3.8, 4) is 0 Å². The second-order valence-electron chi connectivity index (χ2n) is 3.42. The Balaban J connectivity index is 2.84. The fraction of sp³-hybridized carbons (Fsp3) is 0.273. The summed E-state index contributed by atoms with van der Waals surface area (Å²) in [6, 6.07) is 5.99. The van der Waals surface area contributed by atoms with Gasteiger partial charge in [-0.15, -0.1) is 0 Å². The number of rotatable bonds is 5. The molecular weight excluding hydrogens is 264 g/mol. The van der Waals surface area contributed by atoms with Gasteiger partial charge in [0.2, 0.25) is 5.91 Å². The Morgan fingerprint density at radius 2 is 1.94 bits per heavy atom. The molecular formula is C11H11F2NO3S. The van der Waals surface area contributed by atoms with E-state index in [9.17, 15) is 18.4 Å². The van der Waals surface area contributed by atoms with Gasteiger partial charge in [-0.1, -0.05) is 23.9 Å². The molecule has 0 aliphatic carbocycles. The molecule has 0 aromatic heterocycles. The number of nitrogens with one attached hydrogen (secondary N) is 1. The lowest BCUT2D eigenvalue weighted by molar-refractivity contribution is -0.144. The molecule has 0 saturated carbocycles. The first-order valence-corrected chi connectivity index (χ1v) is 5.87. The molecule has 1 amide bonds. The van der Waals surface area contributed by atoms with E-state index in [0.717, 1.165) is 0 Å². The van der Waals surface area contributed by atoms with Crippen molar-refractivity contribution in [1.29, 1.82) is 0 Å². The number of carbonyl (C=O) groups is 2. The first kappa shape index (κ1) is 14.4. The van der Waals surface area contributed by atoms with Crippen molar-refractivity contribution in [2.45, 2.75) is 17.6 Å². The monoisotopic (exact) mass is 275 g/mol. The molecule has 2 N–H and O–H groups in total. The van der Waals surface area contributed by atoms with Gasteiger partial charge in [0.05, 0.1) is 5.69 Å². The van der Waals surface area contributed by atoms with Gasteiger partial charge in [0.15, 0.2) is 0 Å². The van der Waals surface area contributed by atoms with Crippen LogP contribution in [0, 0.1) is 5.92 Å². The number of carboxylic acid groups (broad SMARTS) is 1. The van der Waals surface area contributed by atoms with E-state index < -0.39 is 23.6 Å². The van der Waals surface area contributed by atoms with Gasteiger partial charge in [0, 0.05) is 4.90 Å². The van der Waals surface area contributed by atoms with E-state index in [-0.39, 0.29) is 10.6 Å². The quantitative estimate of drug-likeness (QED) is 0.640. The largest absolute Gasteiger partial charge is 0.481 e. The maximum absolute atomic E-state index is 12.3. The number of carbonyl (C=O) groups excluding carboxylic acids is 1. The molecule has 98 valence electrons. The minimum Gasteiger partial charge on any atom is -0.481 e. The Labute approximate surface area is 106 Å². The second kappa shape index (κ2) is 6.34. The molecule has 0 heterocycles. The zero-order valence-electron chi connectivity index (χ0n) is 9.39. The summed E-state index contributed by atoms with van der Waals surface area (Å²) >= 11 is 0.292. The van der Waals surface area contributed by atoms with Gasteiger partial charge in [-0.05, 0) is 19.1 Å². The second-order valence-corrected chi connectivity index (χ2v) is 4.46. The molecule has 0 radical (unpaired) electrons. The van der Waals surface area contributed by atoms with Crippen molar-refractivity contribution >= 4 is 29.3 Å². The van der Waals surface area contributed by atoms with E-state index in [4.69, 9.17) is 5.11 Å². The average molecular weight is 275 g/mol. The Morgan fingerprint density at radius 3 is 2.50 bits per heavy atom. The third kappa shape index (κ3) is 3.99. The molecule has 0 spiro atoms. The molecule has 0 bridgehead atoms. The summed E-state index contributed by atoms with van der Waals surface area (Å²) in [7, 11) is 0. The summed E-state index contributed by atoms with van der Waals surface area (Å²) < 4.78 is 24.6. The molecule has 1 atom stereocenters. The molecule has 18 heavy (non-hydrogen) atoms. The van der Waals surface area contributed by atoms with E-state index in [1.54, 1.807) is 12.1 Å². The number of thioether (sulfide) groups is 1. The predicted octanol–water partition coefficient (Wildman–Crippen LogP) is 2.66. The lowest BCUT2D eigenvalue weighted by atomic mass is 10.1. The fourth-order valence-electron chi connectivity index (χ4n) is 1.12. The normalized spacial score (nSPS) is 12.2. The standard InChI is InChI=1S/C11H11F2NO3S/c1-6(10(16)17)9(15)14-7-4-2-3-5-8(7)18-11(12)13/h2-6,11H,1H3,(H,14,15)(H,16,17). The minimum atomic E-state index is -2.61. The van der Waals surface area contributed by atoms with Crippen LogP contribution in [0.4, 0.5) is 14.5 Å². The molecule has 0 saturated heterocycles. The van der Waals surface area contributed by atoms with Crippen LogP contribution in [0.5, 0.6) is 0 Å². The maximum atomic E-state index is 12.3. The van der Waals surface area contributed by atoms with Crippen molar-refractivity contribution in [2.75, 3.05) is 5.32 Å². The summed E-state index contributed by atoms with van der Waals surface area (Å²) in [5, 5.41) is 11.0. The van der Waals surface area contributed by atoms with Crippen molar-refractivity contribution in [2.24, 2.45) is 5.92 Å². The molecule has 0 aliphatic heterocycles. The molecule has 7 heteroatoms. The van der Waals surface area contributed by atoms with Crippen molar-refractivity contribution in [1.82, 2.24) is 0 Å². The highest BCUT2D eigenvalue weighted by Crippen LogP contribution is 2.31. The van der Waals surface area contributed by atoms with Crippen molar-refractivity contribution in [3.05, 3.63) is 24.3 Å². The summed E-state index contributed by atoms with van der Waals surface area (Å²) in [5.74, 6) is -5.87. The van der Waals surface area contributed by atoms with Crippen LogP contribution in [-0.4, -0.2) is 22.7 Å². The highest BCUT2D eigenvalue weighted by atomic mass is 32.2. The Bertz CT molecular complexity index is 454. The number of amides is 1. The van der Waals surface area contributed by atoms with Gasteiger partial charge in [0.25, 0.3) is 5.76 Å². The minimum absolute atomic E-state index is 0.181. The topological polar surface area (TPSA) is 66.4 Å². The Kier molecular flexibility index (Phi) is 5.08. The zero-order chi connectivity index (χ0) is 13.7. The van der Waals surface area contributed by atoms with Gasteiger partial charge in [-0.25, -0.2) is 0 Å². The number of benzene rings is 1. The third-order valence-electron chi connectivity index (χ3n) is 2.12. The Morgan fingerprint density at radius 1 is 1.33 bits per heavy atom. The molecule has 0 aliphatic rings. The van der Waals surface area contributed by atoms with Crippen LogP contribution in [0.15, 0.2) is 29.2 Å². The summed E-state index contributed by atoms with van der Waals surface area (Å²) in [4.78, 5) is 22.3.